The van der Waals surface area contributed by atoms with Gasteiger partial charge in [0.25, 0.3) is 0 Å². The predicted octanol–water partition coefficient (Wildman–Crippen LogP) is 3.99. The van der Waals surface area contributed by atoms with E-state index in [4.69, 9.17) is 11.6 Å². The van der Waals surface area contributed by atoms with E-state index in [0.29, 0.717) is 10.7 Å². The van der Waals surface area contributed by atoms with Gasteiger partial charge in [-0.15, -0.1) is 0 Å². The van der Waals surface area contributed by atoms with Crippen molar-refractivity contribution in [3.8, 4) is 0 Å². The van der Waals surface area contributed by atoms with E-state index in [1.807, 2.05) is 24.3 Å². The molecule has 0 spiro atoms. The van der Waals surface area contributed by atoms with Crippen molar-refractivity contribution in [1.82, 2.24) is 4.98 Å². The van der Waals surface area contributed by atoms with Crippen LogP contribution in [-0.2, 0) is 4.79 Å². The van der Waals surface area contributed by atoms with Gasteiger partial charge >= 0.3 is 0 Å². The second-order valence-electron chi connectivity index (χ2n) is 5.47. The molecule has 1 amide bonds. The molecular formula is C18H18ClN3O. The third kappa shape index (κ3) is 4.33. The Kier molecular flexibility index (Phi) is 4.93. The first-order valence-corrected chi connectivity index (χ1v) is 8.04. The van der Waals surface area contributed by atoms with Gasteiger partial charge in [0.2, 0.25) is 5.91 Å². The zero-order valence-corrected chi connectivity index (χ0v) is 13.5. The van der Waals surface area contributed by atoms with Crippen LogP contribution in [0.3, 0.4) is 0 Å². The van der Waals surface area contributed by atoms with Gasteiger partial charge in [-0.05, 0) is 48.7 Å². The second-order valence-corrected chi connectivity index (χ2v) is 5.91. The number of benzene rings is 1. The smallest absolute Gasteiger partial charge is 0.248 e. The van der Waals surface area contributed by atoms with Gasteiger partial charge in [0.15, 0.2) is 0 Å². The van der Waals surface area contributed by atoms with E-state index >= 15 is 0 Å². The number of amides is 1. The van der Waals surface area contributed by atoms with E-state index < -0.39 is 0 Å². The molecule has 2 aromatic rings. The number of carbonyl (C=O) groups excluding carboxylic acids is 1. The van der Waals surface area contributed by atoms with Gasteiger partial charge in [-0.25, -0.2) is 4.98 Å². The molecule has 0 atom stereocenters. The molecule has 1 aromatic heterocycles. The van der Waals surface area contributed by atoms with Crippen molar-refractivity contribution >= 4 is 35.1 Å². The maximum atomic E-state index is 11.9. The van der Waals surface area contributed by atoms with E-state index in [1.54, 1.807) is 24.4 Å². The number of rotatable bonds is 4. The Hall–Kier alpha value is -2.33. The van der Waals surface area contributed by atoms with Gasteiger partial charge in [-0.3, -0.25) is 4.79 Å². The molecule has 1 aliphatic heterocycles. The molecule has 0 aliphatic carbocycles. The molecule has 118 valence electrons. The topological polar surface area (TPSA) is 45.2 Å². The number of nitrogens with one attached hydrogen (secondary N) is 1. The minimum atomic E-state index is -0.185. The minimum Gasteiger partial charge on any atom is -0.357 e. The average Bonchev–Trinajstić information content (AvgIpc) is 3.09. The summed E-state index contributed by atoms with van der Waals surface area (Å²) in [6.07, 6.45) is 7.38. The molecule has 3 rings (SSSR count). The van der Waals surface area contributed by atoms with Gasteiger partial charge in [0.05, 0.1) is 11.9 Å². The Morgan fingerprint density at radius 2 is 1.87 bits per heavy atom. The van der Waals surface area contributed by atoms with Crippen molar-refractivity contribution < 1.29 is 4.79 Å². The lowest BCUT2D eigenvalue weighted by Gasteiger charge is -2.16. The first-order valence-electron chi connectivity index (χ1n) is 7.66. The predicted molar refractivity (Wildman–Crippen MR) is 94.8 cm³/mol. The zero-order chi connectivity index (χ0) is 16.1. The minimum absolute atomic E-state index is 0.185. The molecule has 1 aromatic carbocycles. The SMILES string of the molecule is O=C(/C=C/c1ccc(Cl)cc1)Nc1ccc(N2CCCC2)nc1. The third-order valence-electron chi connectivity index (χ3n) is 3.74. The summed E-state index contributed by atoms with van der Waals surface area (Å²) in [7, 11) is 0. The summed E-state index contributed by atoms with van der Waals surface area (Å²) in [6.45, 7) is 2.12. The molecule has 23 heavy (non-hydrogen) atoms. The fourth-order valence-electron chi connectivity index (χ4n) is 2.52. The molecule has 1 N–H and O–H groups in total. The summed E-state index contributed by atoms with van der Waals surface area (Å²) in [5, 5.41) is 3.49. The summed E-state index contributed by atoms with van der Waals surface area (Å²) in [6, 6.07) is 11.1. The number of pyridine rings is 1. The molecule has 2 heterocycles. The van der Waals surface area contributed by atoms with Crippen molar-refractivity contribution in [2.45, 2.75) is 12.8 Å². The molecule has 0 radical (unpaired) electrons. The van der Waals surface area contributed by atoms with Crippen LogP contribution in [0.15, 0.2) is 48.7 Å². The lowest BCUT2D eigenvalue weighted by Crippen LogP contribution is -2.18. The van der Waals surface area contributed by atoms with Crippen molar-refractivity contribution in [2.75, 3.05) is 23.3 Å². The molecule has 1 fully saturated rings. The number of hydrogen-bond acceptors (Lipinski definition) is 3. The van der Waals surface area contributed by atoms with E-state index in [2.05, 4.69) is 15.2 Å². The normalized spacial score (nSPS) is 14.4. The standard InChI is InChI=1S/C18H18ClN3O/c19-15-6-3-14(4-7-15)5-10-18(23)21-16-8-9-17(20-13-16)22-11-1-2-12-22/h3-10,13H,1-2,11-12H2,(H,21,23)/b10-5+. The third-order valence-corrected chi connectivity index (χ3v) is 3.99. The molecule has 1 saturated heterocycles. The molecule has 5 heteroatoms. The fraction of sp³-hybridized carbons (Fsp3) is 0.222. The Labute approximate surface area is 140 Å². The number of hydrogen-bond donors (Lipinski definition) is 1. The quantitative estimate of drug-likeness (QED) is 0.864. The van der Waals surface area contributed by atoms with E-state index in [0.717, 1.165) is 24.5 Å². The molecular weight excluding hydrogens is 310 g/mol. The van der Waals surface area contributed by atoms with Gasteiger partial charge in [-0.2, -0.15) is 0 Å². The summed E-state index contributed by atoms with van der Waals surface area (Å²) < 4.78 is 0. The molecule has 1 aliphatic rings. The monoisotopic (exact) mass is 327 g/mol. The van der Waals surface area contributed by atoms with E-state index in [-0.39, 0.29) is 5.91 Å². The number of nitrogens with zero attached hydrogens (tertiary/aromatic N) is 2. The number of carbonyl (C=O) groups is 1. The van der Waals surface area contributed by atoms with Gasteiger partial charge in [0.1, 0.15) is 5.82 Å². The van der Waals surface area contributed by atoms with Crippen LogP contribution in [0.25, 0.3) is 6.08 Å². The number of aromatic nitrogens is 1. The highest BCUT2D eigenvalue weighted by Crippen LogP contribution is 2.19. The fourth-order valence-corrected chi connectivity index (χ4v) is 2.65. The van der Waals surface area contributed by atoms with Crippen LogP contribution in [0.2, 0.25) is 5.02 Å². The lowest BCUT2D eigenvalue weighted by molar-refractivity contribution is -0.111. The van der Waals surface area contributed by atoms with Gasteiger partial charge in [-0.1, -0.05) is 23.7 Å². The summed E-state index contributed by atoms with van der Waals surface area (Å²) >= 11 is 5.83. The van der Waals surface area contributed by atoms with Crippen LogP contribution in [-0.4, -0.2) is 24.0 Å². The van der Waals surface area contributed by atoms with Crippen LogP contribution >= 0.6 is 11.6 Å². The molecule has 0 bridgehead atoms. The molecule has 0 saturated carbocycles. The Bertz CT molecular complexity index is 689. The molecule has 0 unspecified atom stereocenters. The van der Waals surface area contributed by atoms with Crippen molar-refractivity contribution in [3.63, 3.8) is 0 Å². The summed E-state index contributed by atoms with van der Waals surface area (Å²) in [5.74, 6) is 0.785. The maximum absolute atomic E-state index is 11.9. The van der Waals surface area contributed by atoms with Crippen molar-refractivity contribution in [1.29, 1.82) is 0 Å². The number of anilines is 2. The Balaban J connectivity index is 1.57. The highest BCUT2D eigenvalue weighted by atomic mass is 35.5. The number of halogens is 1. The van der Waals surface area contributed by atoms with E-state index in [1.165, 1.54) is 18.9 Å². The van der Waals surface area contributed by atoms with Crippen molar-refractivity contribution in [2.24, 2.45) is 0 Å². The van der Waals surface area contributed by atoms with Crippen LogP contribution in [0.1, 0.15) is 18.4 Å². The van der Waals surface area contributed by atoms with Crippen LogP contribution in [0.5, 0.6) is 0 Å². The first-order chi connectivity index (χ1) is 11.2. The Morgan fingerprint density at radius 3 is 2.52 bits per heavy atom. The summed E-state index contributed by atoms with van der Waals surface area (Å²) in [4.78, 5) is 18.6. The van der Waals surface area contributed by atoms with Crippen molar-refractivity contribution in [3.05, 3.63) is 59.3 Å². The largest absolute Gasteiger partial charge is 0.357 e. The second kappa shape index (κ2) is 7.29. The average molecular weight is 328 g/mol. The Morgan fingerprint density at radius 1 is 1.13 bits per heavy atom. The first kappa shape index (κ1) is 15.6. The molecule has 4 nitrogen and oxygen atoms in total. The van der Waals surface area contributed by atoms with Crippen LogP contribution in [0, 0.1) is 0 Å². The maximum Gasteiger partial charge on any atom is 0.248 e. The van der Waals surface area contributed by atoms with Gasteiger partial charge in [0, 0.05) is 24.2 Å². The van der Waals surface area contributed by atoms with Crippen LogP contribution in [0.4, 0.5) is 11.5 Å². The lowest BCUT2D eigenvalue weighted by atomic mass is 10.2. The highest BCUT2D eigenvalue weighted by molar-refractivity contribution is 6.30. The van der Waals surface area contributed by atoms with Crippen LogP contribution < -0.4 is 10.2 Å². The highest BCUT2D eigenvalue weighted by Gasteiger charge is 2.13. The zero-order valence-electron chi connectivity index (χ0n) is 12.7. The summed E-state index contributed by atoms with van der Waals surface area (Å²) in [5.41, 5.74) is 1.62. The van der Waals surface area contributed by atoms with Gasteiger partial charge < -0.3 is 10.2 Å². The van der Waals surface area contributed by atoms with E-state index in [9.17, 15) is 4.79 Å².